The van der Waals surface area contributed by atoms with Crippen LogP contribution in [-0.4, -0.2) is 23.6 Å². The largest absolute Gasteiger partial charge is 0.486 e. The van der Waals surface area contributed by atoms with Gasteiger partial charge in [-0.05, 0) is 18.2 Å². The maximum absolute atomic E-state index is 8.48. The van der Waals surface area contributed by atoms with Crippen LogP contribution in [-0.2, 0) is 0 Å². The quantitative estimate of drug-likeness (QED) is 0.440. The van der Waals surface area contributed by atoms with E-state index in [9.17, 15) is 0 Å². The molecule has 1 aromatic rings. The summed E-state index contributed by atoms with van der Waals surface area (Å²) in [7, 11) is 0. The van der Waals surface area contributed by atoms with E-state index in [-0.39, 0.29) is 5.17 Å². The summed E-state index contributed by atoms with van der Waals surface area (Å²) in [5.41, 5.74) is 0.596. The zero-order valence-electron chi connectivity index (χ0n) is 7.24. The molecule has 0 fully saturated rings. The molecule has 1 N–H and O–H groups in total. The zero-order chi connectivity index (χ0) is 9.97. The van der Waals surface area contributed by atoms with Crippen molar-refractivity contribution in [2.24, 2.45) is 5.16 Å². The predicted molar refractivity (Wildman–Crippen MR) is 51.6 cm³/mol. The van der Waals surface area contributed by atoms with Gasteiger partial charge in [-0.15, -0.1) is 0 Å². The van der Waals surface area contributed by atoms with Crippen molar-refractivity contribution in [2.45, 2.75) is 0 Å². The molecule has 74 valence electrons. The van der Waals surface area contributed by atoms with Crippen LogP contribution in [0.25, 0.3) is 0 Å². The molecule has 1 aliphatic rings. The van der Waals surface area contributed by atoms with Crippen molar-refractivity contribution in [3.8, 4) is 11.5 Å². The van der Waals surface area contributed by atoms with Gasteiger partial charge in [0.05, 0.1) is 0 Å². The van der Waals surface area contributed by atoms with Crippen LogP contribution in [0.3, 0.4) is 0 Å². The number of oxime groups is 1. The number of halogens is 1. The molecule has 0 spiro atoms. The number of hydrogen-bond acceptors (Lipinski definition) is 4. The first-order valence-corrected chi connectivity index (χ1v) is 4.46. The van der Waals surface area contributed by atoms with Gasteiger partial charge < -0.3 is 14.7 Å². The Kier molecular flexibility index (Phi) is 2.45. The molecule has 0 aromatic heterocycles. The zero-order valence-corrected chi connectivity index (χ0v) is 7.99. The van der Waals surface area contributed by atoms with Crippen molar-refractivity contribution < 1.29 is 14.7 Å². The van der Waals surface area contributed by atoms with Gasteiger partial charge in [0.1, 0.15) is 13.2 Å². The molecular formula is C9H8ClNO3. The summed E-state index contributed by atoms with van der Waals surface area (Å²) in [6.45, 7) is 1.07. The minimum atomic E-state index is 0.0296. The minimum absolute atomic E-state index is 0.0296. The summed E-state index contributed by atoms with van der Waals surface area (Å²) >= 11 is 5.64. The van der Waals surface area contributed by atoms with Gasteiger partial charge in [0.15, 0.2) is 16.7 Å². The number of rotatable bonds is 1. The van der Waals surface area contributed by atoms with Crippen molar-refractivity contribution >= 4 is 16.8 Å². The first-order valence-electron chi connectivity index (χ1n) is 4.09. The van der Waals surface area contributed by atoms with E-state index in [0.29, 0.717) is 30.3 Å². The molecule has 1 heterocycles. The summed E-state index contributed by atoms with van der Waals surface area (Å²) in [6.07, 6.45) is 0. The molecule has 0 amide bonds. The van der Waals surface area contributed by atoms with E-state index in [1.165, 1.54) is 0 Å². The highest BCUT2D eigenvalue weighted by atomic mass is 35.5. The van der Waals surface area contributed by atoms with Gasteiger partial charge in [-0.1, -0.05) is 16.8 Å². The van der Waals surface area contributed by atoms with Gasteiger partial charge in [-0.25, -0.2) is 0 Å². The number of ether oxygens (including phenoxy) is 2. The van der Waals surface area contributed by atoms with Crippen molar-refractivity contribution in [2.75, 3.05) is 13.2 Å². The lowest BCUT2D eigenvalue weighted by molar-refractivity contribution is 0.171. The predicted octanol–water partition coefficient (Wildman–Crippen LogP) is 1.83. The highest BCUT2D eigenvalue weighted by Gasteiger charge is 2.13. The lowest BCUT2D eigenvalue weighted by atomic mass is 10.2. The lowest BCUT2D eigenvalue weighted by Crippen LogP contribution is -2.15. The van der Waals surface area contributed by atoms with Crippen molar-refractivity contribution in [3.63, 3.8) is 0 Å². The average molecular weight is 214 g/mol. The molecule has 0 saturated carbocycles. The Hall–Kier alpha value is -1.42. The van der Waals surface area contributed by atoms with E-state index in [1.54, 1.807) is 18.2 Å². The van der Waals surface area contributed by atoms with Crippen LogP contribution in [0.2, 0.25) is 0 Å². The van der Waals surface area contributed by atoms with Crippen LogP contribution in [0.4, 0.5) is 0 Å². The molecule has 0 unspecified atom stereocenters. The molecule has 0 saturated heterocycles. The Balaban J connectivity index is 2.38. The van der Waals surface area contributed by atoms with Crippen LogP contribution in [0.5, 0.6) is 11.5 Å². The highest BCUT2D eigenvalue weighted by molar-refractivity contribution is 6.69. The first kappa shape index (κ1) is 9.15. The molecule has 14 heavy (non-hydrogen) atoms. The standard InChI is InChI=1S/C9H8ClNO3/c10-9(11-12)6-1-2-7-8(5-6)14-4-3-13-7/h1-2,5,12H,3-4H2. The Labute approximate surface area is 85.7 Å². The second-order valence-corrected chi connectivity index (χ2v) is 3.11. The van der Waals surface area contributed by atoms with Crippen LogP contribution < -0.4 is 9.47 Å². The summed E-state index contributed by atoms with van der Waals surface area (Å²) in [5, 5.41) is 11.4. The van der Waals surface area contributed by atoms with Crippen LogP contribution in [0, 0.1) is 0 Å². The number of fused-ring (bicyclic) bond motifs is 1. The van der Waals surface area contributed by atoms with Gasteiger partial charge in [-0.2, -0.15) is 0 Å². The van der Waals surface area contributed by atoms with E-state index < -0.39 is 0 Å². The molecular weight excluding hydrogens is 206 g/mol. The fraction of sp³-hybridized carbons (Fsp3) is 0.222. The van der Waals surface area contributed by atoms with Gasteiger partial charge in [0.25, 0.3) is 0 Å². The third-order valence-electron chi connectivity index (χ3n) is 1.87. The molecule has 2 rings (SSSR count). The SMILES string of the molecule is ON=C(Cl)c1ccc2c(c1)OCCO2. The normalized spacial score (nSPS) is 15.4. The van der Waals surface area contributed by atoms with E-state index in [4.69, 9.17) is 26.3 Å². The number of nitrogens with zero attached hydrogens (tertiary/aromatic N) is 1. The molecule has 5 heteroatoms. The fourth-order valence-electron chi connectivity index (χ4n) is 1.23. The monoisotopic (exact) mass is 213 g/mol. The van der Waals surface area contributed by atoms with Crippen molar-refractivity contribution in [1.82, 2.24) is 0 Å². The Morgan fingerprint density at radius 3 is 2.71 bits per heavy atom. The van der Waals surface area contributed by atoms with E-state index in [0.717, 1.165) is 0 Å². The molecule has 0 radical (unpaired) electrons. The Morgan fingerprint density at radius 2 is 2.00 bits per heavy atom. The van der Waals surface area contributed by atoms with Crippen LogP contribution in [0.15, 0.2) is 23.4 Å². The van der Waals surface area contributed by atoms with Gasteiger partial charge in [0, 0.05) is 5.56 Å². The maximum Gasteiger partial charge on any atom is 0.175 e. The summed E-state index contributed by atoms with van der Waals surface area (Å²) < 4.78 is 10.7. The third kappa shape index (κ3) is 1.61. The van der Waals surface area contributed by atoms with E-state index >= 15 is 0 Å². The number of hydrogen-bond donors (Lipinski definition) is 1. The van der Waals surface area contributed by atoms with E-state index in [2.05, 4.69) is 5.16 Å². The second-order valence-electron chi connectivity index (χ2n) is 2.75. The molecule has 0 aliphatic carbocycles. The highest BCUT2D eigenvalue weighted by Crippen LogP contribution is 2.31. The Morgan fingerprint density at radius 1 is 1.29 bits per heavy atom. The Bertz CT molecular complexity index is 378. The van der Waals surface area contributed by atoms with Crippen LogP contribution >= 0.6 is 11.6 Å². The van der Waals surface area contributed by atoms with Gasteiger partial charge >= 0.3 is 0 Å². The molecule has 0 atom stereocenters. The molecule has 4 nitrogen and oxygen atoms in total. The lowest BCUT2D eigenvalue weighted by Gasteiger charge is -2.18. The average Bonchev–Trinajstić information content (AvgIpc) is 2.27. The summed E-state index contributed by atoms with van der Waals surface area (Å²) in [5.74, 6) is 1.30. The second kappa shape index (κ2) is 3.75. The topological polar surface area (TPSA) is 51.1 Å². The van der Waals surface area contributed by atoms with E-state index in [1.807, 2.05) is 0 Å². The molecule has 0 bridgehead atoms. The smallest absolute Gasteiger partial charge is 0.175 e. The summed E-state index contributed by atoms with van der Waals surface area (Å²) in [4.78, 5) is 0. The van der Waals surface area contributed by atoms with Crippen molar-refractivity contribution in [1.29, 1.82) is 0 Å². The molecule has 1 aromatic carbocycles. The molecule has 1 aliphatic heterocycles. The van der Waals surface area contributed by atoms with Gasteiger partial charge in [-0.3, -0.25) is 0 Å². The summed E-state index contributed by atoms with van der Waals surface area (Å²) in [6, 6.07) is 5.11. The number of benzene rings is 1. The maximum atomic E-state index is 8.48. The minimum Gasteiger partial charge on any atom is -0.486 e. The van der Waals surface area contributed by atoms with Crippen molar-refractivity contribution in [3.05, 3.63) is 23.8 Å². The first-order chi connectivity index (χ1) is 6.81. The third-order valence-corrected chi connectivity index (χ3v) is 2.16. The fourth-order valence-corrected chi connectivity index (χ4v) is 1.35. The van der Waals surface area contributed by atoms with Crippen LogP contribution in [0.1, 0.15) is 5.56 Å². The van der Waals surface area contributed by atoms with Gasteiger partial charge in [0.2, 0.25) is 0 Å².